The fraction of sp³-hybridized carbons (Fsp3) is 0.385. The lowest BCUT2D eigenvalue weighted by Crippen LogP contribution is -2.28. The maximum atomic E-state index is 11.9. The Kier molecular flexibility index (Phi) is 5.82. The number of nitrogens with two attached hydrogens (primary N) is 1. The quantitative estimate of drug-likeness (QED) is 0.698. The molecular formula is C13H17BrN2O3. The van der Waals surface area contributed by atoms with E-state index in [1.54, 1.807) is 18.2 Å². The van der Waals surface area contributed by atoms with Crippen molar-refractivity contribution in [2.24, 2.45) is 5.92 Å². The van der Waals surface area contributed by atoms with E-state index in [1.165, 1.54) is 0 Å². The highest BCUT2D eigenvalue weighted by molar-refractivity contribution is 9.10. The summed E-state index contributed by atoms with van der Waals surface area (Å²) in [6.45, 7) is 2.34. The number of nitrogen functional groups attached to an aromatic ring is 1. The molecule has 19 heavy (non-hydrogen) atoms. The highest BCUT2D eigenvalue weighted by Gasteiger charge is 2.12. The summed E-state index contributed by atoms with van der Waals surface area (Å²) in [6.07, 6.45) is 0.646. The number of anilines is 1. The molecule has 1 amide bonds. The van der Waals surface area contributed by atoms with E-state index in [2.05, 4.69) is 21.2 Å². The molecule has 5 nitrogen and oxygen atoms in total. The molecule has 0 heterocycles. The van der Waals surface area contributed by atoms with Crippen LogP contribution in [0.3, 0.4) is 0 Å². The van der Waals surface area contributed by atoms with E-state index in [4.69, 9.17) is 10.8 Å². The van der Waals surface area contributed by atoms with Crippen molar-refractivity contribution in [3.63, 3.8) is 0 Å². The van der Waals surface area contributed by atoms with E-state index in [-0.39, 0.29) is 18.2 Å². The minimum Gasteiger partial charge on any atom is -0.481 e. The summed E-state index contributed by atoms with van der Waals surface area (Å²) in [5, 5.41) is 11.4. The Morgan fingerprint density at radius 3 is 2.79 bits per heavy atom. The fourth-order valence-corrected chi connectivity index (χ4v) is 1.98. The van der Waals surface area contributed by atoms with Crippen molar-refractivity contribution in [1.29, 1.82) is 0 Å². The molecule has 1 atom stereocenters. The summed E-state index contributed by atoms with van der Waals surface area (Å²) in [6, 6.07) is 5.02. The van der Waals surface area contributed by atoms with Crippen LogP contribution in [0.15, 0.2) is 22.7 Å². The summed E-state index contributed by atoms with van der Waals surface area (Å²) in [5.41, 5.74) is 6.63. The molecule has 0 spiro atoms. The third-order valence-corrected chi connectivity index (χ3v) is 3.39. The van der Waals surface area contributed by atoms with Crippen molar-refractivity contribution < 1.29 is 14.7 Å². The molecule has 4 N–H and O–H groups in total. The minimum atomic E-state index is -0.822. The average molecular weight is 329 g/mol. The summed E-state index contributed by atoms with van der Waals surface area (Å²) in [5.74, 6) is -0.932. The number of hydrogen-bond donors (Lipinski definition) is 3. The highest BCUT2D eigenvalue weighted by Crippen LogP contribution is 2.19. The molecule has 1 aromatic carbocycles. The lowest BCUT2D eigenvalue weighted by atomic mass is 10.1. The lowest BCUT2D eigenvalue weighted by Gasteiger charge is -2.12. The van der Waals surface area contributed by atoms with Gasteiger partial charge in [-0.2, -0.15) is 0 Å². The van der Waals surface area contributed by atoms with Crippen LogP contribution in [0.4, 0.5) is 5.69 Å². The molecule has 0 radical (unpaired) electrons. The normalized spacial score (nSPS) is 11.9. The van der Waals surface area contributed by atoms with Crippen molar-refractivity contribution in [3.8, 4) is 0 Å². The average Bonchev–Trinajstić information content (AvgIpc) is 2.36. The molecule has 0 aliphatic heterocycles. The first-order valence-corrected chi connectivity index (χ1v) is 6.74. The second-order valence-electron chi connectivity index (χ2n) is 4.49. The summed E-state index contributed by atoms with van der Waals surface area (Å²) in [7, 11) is 0. The molecular weight excluding hydrogens is 312 g/mol. The molecule has 104 valence electrons. The lowest BCUT2D eigenvalue weighted by molar-refractivity contribution is -0.137. The first-order valence-electron chi connectivity index (χ1n) is 5.95. The molecule has 1 aromatic rings. The van der Waals surface area contributed by atoms with Crippen molar-refractivity contribution in [2.45, 2.75) is 19.8 Å². The van der Waals surface area contributed by atoms with Crippen molar-refractivity contribution >= 4 is 33.5 Å². The van der Waals surface area contributed by atoms with Gasteiger partial charge in [-0.15, -0.1) is 0 Å². The van der Waals surface area contributed by atoms with Gasteiger partial charge in [-0.1, -0.05) is 6.92 Å². The van der Waals surface area contributed by atoms with Gasteiger partial charge in [0.1, 0.15) is 0 Å². The van der Waals surface area contributed by atoms with E-state index in [0.29, 0.717) is 28.7 Å². The Hall–Kier alpha value is -1.56. The minimum absolute atomic E-state index is 0.110. The zero-order chi connectivity index (χ0) is 14.4. The van der Waals surface area contributed by atoms with Crippen LogP contribution in [0.5, 0.6) is 0 Å². The van der Waals surface area contributed by atoms with Gasteiger partial charge >= 0.3 is 5.97 Å². The third-order valence-electron chi connectivity index (χ3n) is 2.70. The van der Waals surface area contributed by atoms with E-state index >= 15 is 0 Å². The molecule has 0 saturated carbocycles. The smallest absolute Gasteiger partial charge is 0.303 e. The number of nitrogens with one attached hydrogen (secondary N) is 1. The molecule has 0 fully saturated rings. The largest absolute Gasteiger partial charge is 0.481 e. The number of benzene rings is 1. The number of halogens is 1. The van der Waals surface area contributed by atoms with Crippen molar-refractivity contribution in [3.05, 3.63) is 28.2 Å². The second kappa shape index (κ2) is 7.13. The Morgan fingerprint density at radius 1 is 1.47 bits per heavy atom. The summed E-state index contributed by atoms with van der Waals surface area (Å²) < 4.78 is 0.678. The zero-order valence-corrected chi connectivity index (χ0v) is 12.2. The SMILES string of the molecule is CC(CCC(=O)O)CNC(=O)c1cc(N)ccc1Br. The molecule has 0 bridgehead atoms. The Balaban J connectivity index is 2.51. The summed E-state index contributed by atoms with van der Waals surface area (Å²) in [4.78, 5) is 22.4. The number of amides is 1. The van der Waals surface area contributed by atoms with E-state index in [9.17, 15) is 9.59 Å². The fourth-order valence-electron chi connectivity index (χ4n) is 1.55. The molecule has 0 saturated heterocycles. The highest BCUT2D eigenvalue weighted by atomic mass is 79.9. The topological polar surface area (TPSA) is 92.4 Å². The Bertz CT molecular complexity index is 477. The number of rotatable bonds is 6. The van der Waals surface area contributed by atoms with Gasteiger partial charge in [0.05, 0.1) is 5.56 Å². The van der Waals surface area contributed by atoms with Crippen LogP contribution in [-0.4, -0.2) is 23.5 Å². The van der Waals surface area contributed by atoms with Gasteiger partial charge < -0.3 is 16.2 Å². The Morgan fingerprint density at radius 2 is 2.16 bits per heavy atom. The van der Waals surface area contributed by atoms with Crippen LogP contribution in [0.2, 0.25) is 0 Å². The molecule has 1 unspecified atom stereocenters. The third kappa shape index (κ3) is 5.30. The van der Waals surface area contributed by atoms with Crippen molar-refractivity contribution in [2.75, 3.05) is 12.3 Å². The van der Waals surface area contributed by atoms with Gasteiger partial charge in [0, 0.05) is 23.1 Å². The van der Waals surface area contributed by atoms with Crippen LogP contribution in [0.1, 0.15) is 30.1 Å². The van der Waals surface area contributed by atoms with Crippen molar-refractivity contribution in [1.82, 2.24) is 5.32 Å². The molecule has 6 heteroatoms. The van der Waals surface area contributed by atoms with Crippen LogP contribution < -0.4 is 11.1 Å². The van der Waals surface area contributed by atoms with Crippen LogP contribution in [-0.2, 0) is 4.79 Å². The molecule has 0 aromatic heterocycles. The number of carboxylic acids is 1. The number of carbonyl (C=O) groups is 2. The van der Waals surface area contributed by atoms with Gasteiger partial charge in [-0.05, 0) is 46.5 Å². The number of aliphatic carboxylic acids is 1. The maximum absolute atomic E-state index is 11.9. The van der Waals surface area contributed by atoms with Crippen LogP contribution in [0, 0.1) is 5.92 Å². The first-order chi connectivity index (χ1) is 8.90. The maximum Gasteiger partial charge on any atom is 0.303 e. The zero-order valence-electron chi connectivity index (χ0n) is 10.6. The van der Waals surface area contributed by atoms with Crippen LogP contribution >= 0.6 is 15.9 Å². The second-order valence-corrected chi connectivity index (χ2v) is 5.34. The summed E-state index contributed by atoms with van der Waals surface area (Å²) >= 11 is 3.29. The molecule has 0 aliphatic rings. The number of hydrogen-bond acceptors (Lipinski definition) is 3. The van der Waals surface area contributed by atoms with Gasteiger partial charge in [-0.3, -0.25) is 9.59 Å². The predicted molar refractivity (Wildman–Crippen MR) is 76.9 cm³/mol. The van der Waals surface area contributed by atoms with Gasteiger partial charge in [0.2, 0.25) is 0 Å². The van der Waals surface area contributed by atoms with Gasteiger partial charge in [0.15, 0.2) is 0 Å². The molecule has 1 rings (SSSR count). The Labute approximate surface area is 120 Å². The van der Waals surface area contributed by atoms with Crippen LogP contribution in [0.25, 0.3) is 0 Å². The first kappa shape index (κ1) is 15.5. The van der Waals surface area contributed by atoms with E-state index < -0.39 is 5.97 Å². The van der Waals surface area contributed by atoms with E-state index in [0.717, 1.165) is 0 Å². The molecule has 0 aliphatic carbocycles. The van der Waals surface area contributed by atoms with Gasteiger partial charge in [-0.25, -0.2) is 0 Å². The predicted octanol–water partition coefficient (Wildman–Crippen LogP) is 2.26. The monoisotopic (exact) mass is 328 g/mol. The standard InChI is InChI=1S/C13H17BrN2O3/c1-8(2-5-12(17)18)7-16-13(19)10-6-9(15)3-4-11(10)14/h3-4,6,8H,2,5,7,15H2,1H3,(H,16,19)(H,17,18). The number of carbonyl (C=O) groups excluding carboxylic acids is 1. The van der Waals surface area contributed by atoms with Gasteiger partial charge in [0.25, 0.3) is 5.91 Å². The number of carboxylic acid groups (broad SMARTS) is 1. The van der Waals surface area contributed by atoms with E-state index in [1.807, 2.05) is 6.92 Å².